The number of alkyl halides is 1. The van der Waals surface area contributed by atoms with Crippen LogP contribution in [0.15, 0.2) is 60.7 Å². The smallest absolute Gasteiger partial charge is 0.147 e. The Bertz CT molecular complexity index is 478. The first-order valence-corrected chi connectivity index (χ1v) is 7.75. The summed E-state index contributed by atoms with van der Waals surface area (Å²) in [6.07, 6.45) is 0. The van der Waals surface area contributed by atoms with Crippen molar-refractivity contribution in [2.24, 2.45) is 5.92 Å². The van der Waals surface area contributed by atoms with Gasteiger partial charge >= 0.3 is 0 Å². The molecule has 0 N–H and O–H groups in total. The summed E-state index contributed by atoms with van der Waals surface area (Å²) in [6.45, 7) is 5.65. The molecule has 0 aliphatic carbocycles. The summed E-state index contributed by atoms with van der Waals surface area (Å²) in [6, 6.07) is 20.1. The summed E-state index contributed by atoms with van der Waals surface area (Å²) in [5.74, 6) is 1.24. The van der Waals surface area contributed by atoms with Crippen molar-refractivity contribution < 1.29 is 4.84 Å². The van der Waals surface area contributed by atoms with Crippen LogP contribution < -0.4 is 4.84 Å². The number of hydroxylamine groups is 2. The predicted octanol–water partition coefficient (Wildman–Crippen LogP) is 5.17. The number of para-hydroxylation sites is 1. The van der Waals surface area contributed by atoms with Gasteiger partial charge in [0.1, 0.15) is 5.75 Å². The van der Waals surface area contributed by atoms with Gasteiger partial charge in [0.15, 0.2) is 0 Å². The maximum atomic E-state index is 6.42. The number of benzene rings is 2. The number of halogens is 2. The zero-order valence-corrected chi connectivity index (χ0v) is 14.6. The Balaban J connectivity index is 0.00000242. The largest absolute Gasteiger partial charge is 0.406 e. The zero-order chi connectivity index (χ0) is 15.1. The highest BCUT2D eigenvalue weighted by atomic mass is 35.5. The molecule has 120 valence electrons. The molecule has 0 amide bonds. The molecule has 1 atom stereocenters. The number of hydrogen-bond acceptors (Lipinski definition) is 2. The van der Waals surface area contributed by atoms with Crippen molar-refractivity contribution in [3.05, 3.63) is 66.2 Å². The molecule has 2 aromatic rings. The minimum atomic E-state index is 0. The van der Waals surface area contributed by atoms with Gasteiger partial charge < -0.3 is 4.84 Å². The molecule has 0 fully saturated rings. The minimum Gasteiger partial charge on any atom is -0.406 e. The molecule has 2 nitrogen and oxygen atoms in total. The van der Waals surface area contributed by atoms with E-state index in [0.717, 1.165) is 5.75 Å². The van der Waals surface area contributed by atoms with Crippen LogP contribution in [0.25, 0.3) is 0 Å². The molecule has 0 aliphatic rings. The van der Waals surface area contributed by atoms with Crippen LogP contribution in [0.4, 0.5) is 0 Å². The van der Waals surface area contributed by atoms with Crippen LogP contribution in [0.5, 0.6) is 5.75 Å². The molecule has 2 rings (SSSR count). The third-order valence-corrected chi connectivity index (χ3v) is 3.92. The summed E-state index contributed by atoms with van der Waals surface area (Å²) in [4.78, 5) is 5.99. The van der Waals surface area contributed by atoms with E-state index < -0.39 is 0 Å². The van der Waals surface area contributed by atoms with Crippen molar-refractivity contribution in [2.75, 3.05) is 6.54 Å². The summed E-state index contributed by atoms with van der Waals surface area (Å²) in [7, 11) is 0. The molecule has 0 saturated heterocycles. The summed E-state index contributed by atoms with van der Waals surface area (Å²) >= 11 is 6.42. The van der Waals surface area contributed by atoms with Crippen LogP contribution in [-0.4, -0.2) is 17.0 Å². The van der Waals surface area contributed by atoms with Crippen molar-refractivity contribution in [3.8, 4) is 5.75 Å². The first-order chi connectivity index (χ1) is 10.1. The van der Waals surface area contributed by atoms with Gasteiger partial charge in [-0.2, -0.15) is 0 Å². The molecular weight excluding hydrogens is 317 g/mol. The summed E-state index contributed by atoms with van der Waals surface area (Å²) < 4.78 is 0. The van der Waals surface area contributed by atoms with E-state index in [0.29, 0.717) is 19.0 Å². The van der Waals surface area contributed by atoms with Gasteiger partial charge in [0.05, 0.1) is 18.5 Å². The molecule has 0 bridgehead atoms. The Kier molecular flexibility index (Phi) is 8.32. The van der Waals surface area contributed by atoms with Crippen LogP contribution in [0.3, 0.4) is 0 Å². The quantitative estimate of drug-likeness (QED) is 0.509. The Hall–Kier alpha value is -1.22. The standard InChI is InChI=1S/C18H22ClNO.ClH/c1-15(2)18(19)14-20(13-16-9-5-3-6-10-16)21-17-11-7-4-8-12-17;/h3-12,15,18H,13-14H2,1-2H3;1H. The lowest BCUT2D eigenvalue weighted by Crippen LogP contribution is -2.34. The van der Waals surface area contributed by atoms with Gasteiger partial charge in [-0.05, 0) is 23.6 Å². The highest BCUT2D eigenvalue weighted by molar-refractivity contribution is 6.20. The first kappa shape index (κ1) is 18.8. The Labute approximate surface area is 144 Å². The maximum absolute atomic E-state index is 6.42. The van der Waals surface area contributed by atoms with Crippen LogP contribution in [0.2, 0.25) is 0 Å². The average Bonchev–Trinajstić information content (AvgIpc) is 2.49. The van der Waals surface area contributed by atoms with E-state index in [9.17, 15) is 0 Å². The van der Waals surface area contributed by atoms with Crippen LogP contribution >= 0.6 is 24.0 Å². The van der Waals surface area contributed by atoms with E-state index in [1.807, 2.05) is 53.6 Å². The molecule has 0 aliphatic heterocycles. The van der Waals surface area contributed by atoms with E-state index in [2.05, 4.69) is 26.0 Å². The van der Waals surface area contributed by atoms with E-state index in [1.165, 1.54) is 5.56 Å². The lowest BCUT2D eigenvalue weighted by molar-refractivity contribution is -0.0689. The topological polar surface area (TPSA) is 12.5 Å². The lowest BCUT2D eigenvalue weighted by Gasteiger charge is -2.26. The van der Waals surface area contributed by atoms with Crippen molar-refractivity contribution in [1.29, 1.82) is 0 Å². The van der Waals surface area contributed by atoms with Gasteiger partial charge in [0.25, 0.3) is 0 Å². The molecule has 0 spiro atoms. The molecule has 1 unspecified atom stereocenters. The second-order valence-electron chi connectivity index (χ2n) is 5.47. The first-order valence-electron chi connectivity index (χ1n) is 7.31. The third-order valence-electron chi connectivity index (χ3n) is 3.28. The zero-order valence-electron chi connectivity index (χ0n) is 13.0. The highest BCUT2D eigenvalue weighted by Gasteiger charge is 2.17. The molecule has 2 aromatic carbocycles. The minimum absolute atomic E-state index is 0. The van der Waals surface area contributed by atoms with Crippen LogP contribution in [-0.2, 0) is 6.54 Å². The van der Waals surface area contributed by atoms with E-state index in [1.54, 1.807) is 0 Å². The maximum Gasteiger partial charge on any atom is 0.147 e. The Morgan fingerprint density at radius 2 is 1.50 bits per heavy atom. The Morgan fingerprint density at radius 1 is 0.955 bits per heavy atom. The van der Waals surface area contributed by atoms with Crippen molar-refractivity contribution >= 4 is 24.0 Å². The molecule has 0 saturated carbocycles. The van der Waals surface area contributed by atoms with E-state index >= 15 is 0 Å². The SMILES string of the molecule is CC(C)C(Cl)CN(Cc1ccccc1)Oc1ccccc1.Cl. The Morgan fingerprint density at radius 3 is 2.05 bits per heavy atom. The highest BCUT2D eigenvalue weighted by Crippen LogP contribution is 2.17. The summed E-state index contributed by atoms with van der Waals surface area (Å²) in [5, 5.41) is 1.99. The average molecular weight is 340 g/mol. The fraction of sp³-hybridized carbons (Fsp3) is 0.333. The molecule has 4 heteroatoms. The van der Waals surface area contributed by atoms with Crippen molar-refractivity contribution in [1.82, 2.24) is 5.06 Å². The predicted molar refractivity (Wildman–Crippen MR) is 95.6 cm³/mol. The molecule has 0 heterocycles. The van der Waals surface area contributed by atoms with Crippen molar-refractivity contribution in [2.45, 2.75) is 25.8 Å². The van der Waals surface area contributed by atoms with Gasteiger partial charge in [0, 0.05) is 0 Å². The second kappa shape index (κ2) is 9.73. The number of nitrogens with zero attached hydrogens (tertiary/aromatic N) is 1. The van der Waals surface area contributed by atoms with Crippen LogP contribution in [0.1, 0.15) is 19.4 Å². The van der Waals surface area contributed by atoms with E-state index in [4.69, 9.17) is 16.4 Å². The van der Waals surface area contributed by atoms with Gasteiger partial charge in [0.2, 0.25) is 0 Å². The van der Waals surface area contributed by atoms with Gasteiger partial charge in [-0.15, -0.1) is 29.1 Å². The van der Waals surface area contributed by atoms with Gasteiger partial charge in [-0.1, -0.05) is 62.4 Å². The number of rotatable bonds is 7. The molecule has 0 radical (unpaired) electrons. The fourth-order valence-electron chi connectivity index (χ4n) is 1.96. The molecule has 22 heavy (non-hydrogen) atoms. The van der Waals surface area contributed by atoms with Crippen LogP contribution in [0, 0.1) is 5.92 Å². The summed E-state index contributed by atoms with van der Waals surface area (Å²) in [5.41, 5.74) is 1.21. The second-order valence-corrected chi connectivity index (χ2v) is 6.03. The van der Waals surface area contributed by atoms with E-state index in [-0.39, 0.29) is 17.8 Å². The number of hydrogen-bond donors (Lipinski definition) is 0. The van der Waals surface area contributed by atoms with Crippen molar-refractivity contribution in [3.63, 3.8) is 0 Å². The van der Waals surface area contributed by atoms with Gasteiger partial charge in [-0.3, -0.25) is 0 Å². The fourth-order valence-corrected chi connectivity index (χ4v) is 2.11. The molecule has 0 aromatic heterocycles. The van der Waals surface area contributed by atoms with Gasteiger partial charge in [-0.25, -0.2) is 0 Å². The molecular formula is C18H23Cl2NO. The monoisotopic (exact) mass is 339 g/mol. The normalized spacial score (nSPS) is 12.0. The lowest BCUT2D eigenvalue weighted by atomic mass is 10.1. The third kappa shape index (κ3) is 6.27.